The molecule has 1 N–H and O–H groups in total. The summed E-state index contributed by atoms with van der Waals surface area (Å²) < 4.78 is 1.59. The van der Waals surface area contributed by atoms with Gasteiger partial charge in [-0.3, -0.25) is 19.0 Å². The van der Waals surface area contributed by atoms with Gasteiger partial charge in [0.15, 0.2) is 5.78 Å². The van der Waals surface area contributed by atoms with Crippen LogP contribution in [-0.4, -0.2) is 23.3 Å². The Labute approximate surface area is 209 Å². The first-order valence-corrected chi connectivity index (χ1v) is 12.0. The molecular formula is C29H27ClN2O3. The number of ketones is 1. The minimum Gasteiger partial charge on any atom is -0.359 e. The first kappa shape index (κ1) is 24.4. The van der Waals surface area contributed by atoms with Gasteiger partial charge in [0.1, 0.15) is 0 Å². The Morgan fingerprint density at radius 2 is 1.60 bits per heavy atom. The fourth-order valence-corrected chi connectivity index (χ4v) is 4.47. The number of nitrogens with zero attached hydrogens (tertiary/aromatic N) is 1. The lowest BCUT2D eigenvalue weighted by Gasteiger charge is -2.19. The maximum Gasteiger partial charge on any atom is 0.259 e. The zero-order chi connectivity index (χ0) is 24.9. The summed E-state index contributed by atoms with van der Waals surface area (Å²) in [5.41, 5.74) is 3.67. The van der Waals surface area contributed by atoms with Crippen LogP contribution in [0, 0.1) is 0 Å². The van der Waals surface area contributed by atoms with E-state index in [2.05, 4.69) is 5.32 Å². The van der Waals surface area contributed by atoms with Gasteiger partial charge in [-0.15, -0.1) is 0 Å². The van der Waals surface area contributed by atoms with E-state index < -0.39 is 0 Å². The summed E-state index contributed by atoms with van der Waals surface area (Å²) >= 11 is 6.32. The second-order valence-corrected chi connectivity index (χ2v) is 8.87. The molecule has 4 aromatic rings. The second kappa shape index (κ2) is 10.7. The van der Waals surface area contributed by atoms with Crippen LogP contribution in [0.2, 0.25) is 5.02 Å². The van der Waals surface area contributed by atoms with Gasteiger partial charge in [0.05, 0.1) is 12.2 Å². The SMILES string of the molecule is CCC(=O)c1c(-c2ccccc2)c2cc(Cl)ccc2c(=O)n1Cc1ccc(CCC(=O)NC)cc1. The number of amides is 1. The number of carbonyl (C=O) groups excluding carboxylic acids is 2. The number of benzene rings is 3. The molecule has 35 heavy (non-hydrogen) atoms. The fraction of sp³-hybridized carbons (Fsp3) is 0.207. The lowest BCUT2D eigenvalue weighted by molar-refractivity contribution is -0.120. The normalized spacial score (nSPS) is 10.9. The molecule has 0 aliphatic rings. The van der Waals surface area contributed by atoms with Gasteiger partial charge >= 0.3 is 0 Å². The summed E-state index contributed by atoms with van der Waals surface area (Å²) in [6.45, 7) is 2.06. The molecule has 3 aromatic carbocycles. The zero-order valence-corrected chi connectivity index (χ0v) is 20.6. The molecule has 0 radical (unpaired) electrons. The van der Waals surface area contributed by atoms with Crippen molar-refractivity contribution >= 4 is 34.1 Å². The van der Waals surface area contributed by atoms with Crippen LogP contribution in [0.5, 0.6) is 0 Å². The number of aryl methyl sites for hydroxylation is 1. The van der Waals surface area contributed by atoms with Crippen LogP contribution < -0.4 is 10.9 Å². The van der Waals surface area contributed by atoms with Gasteiger partial charge < -0.3 is 5.32 Å². The van der Waals surface area contributed by atoms with Crippen molar-refractivity contribution in [3.63, 3.8) is 0 Å². The van der Waals surface area contributed by atoms with Crippen LogP contribution in [-0.2, 0) is 17.8 Å². The molecule has 0 aliphatic carbocycles. The van der Waals surface area contributed by atoms with Crippen LogP contribution in [0.4, 0.5) is 0 Å². The molecule has 0 bridgehead atoms. The van der Waals surface area contributed by atoms with Crippen molar-refractivity contribution in [3.8, 4) is 11.1 Å². The van der Waals surface area contributed by atoms with Gasteiger partial charge in [-0.1, -0.05) is 73.1 Å². The number of halogens is 1. The number of pyridine rings is 1. The molecule has 6 heteroatoms. The molecule has 4 rings (SSSR count). The van der Waals surface area contributed by atoms with E-state index in [1.807, 2.05) is 54.6 Å². The highest BCUT2D eigenvalue weighted by Crippen LogP contribution is 2.33. The summed E-state index contributed by atoms with van der Waals surface area (Å²) in [5, 5.41) is 4.33. The lowest BCUT2D eigenvalue weighted by atomic mass is 9.94. The Hall–Kier alpha value is -3.70. The molecule has 178 valence electrons. The average molecular weight is 487 g/mol. The van der Waals surface area contributed by atoms with Crippen LogP contribution in [0.15, 0.2) is 77.6 Å². The molecule has 5 nitrogen and oxygen atoms in total. The molecule has 1 heterocycles. The number of carbonyl (C=O) groups is 2. The van der Waals surface area contributed by atoms with Crippen LogP contribution in [0.1, 0.15) is 41.4 Å². The summed E-state index contributed by atoms with van der Waals surface area (Å²) in [6, 6.07) is 22.6. The van der Waals surface area contributed by atoms with E-state index in [0.717, 1.165) is 22.3 Å². The Bertz CT molecular complexity index is 1440. The predicted molar refractivity (Wildman–Crippen MR) is 141 cm³/mol. The molecule has 0 fully saturated rings. The van der Waals surface area contributed by atoms with Crippen LogP contribution in [0.3, 0.4) is 0 Å². The smallest absolute Gasteiger partial charge is 0.259 e. The van der Waals surface area contributed by atoms with E-state index in [0.29, 0.717) is 34.3 Å². The Kier molecular flexibility index (Phi) is 7.47. The van der Waals surface area contributed by atoms with E-state index in [4.69, 9.17) is 11.6 Å². The number of hydrogen-bond acceptors (Lipinski definition) is 3. The minimum absolute atomic E-state index is 0.00643. The molecule has 0 saturated heterocycles. The monoisotopic (exact) mass is 486 g/mol. The first-order valence-electron chi connectivity index (χ1n) is 11.7. The van der Waals surface area contributed by atoms with Crippen LogP contribution >= 0.6 is 11.6 Å². The quantitative estimate of drug-likeness (QED) is 0.328. The highest BCUT2D eigenvalue weighted by atomic mass is 35.5. The summed E-state index contributed by atoms with van der Waals surface area (Å²) in [7, 11) is 1.62. The predicted octanol–water partition coefficient (Wildman–Crippen LogP) is 5.64. The number of aromatic nitrogens is 1. The molecule has 0 saturated carbocycles. The summed E-state index contributed by atoms with van der Waals surface area (Å²) in [5.74, 6) is -0.113. The molecule has 0 spiro atoms. The van der Waals surface area contributed by atoms with Gasteiger partial charge in [0.25, 0.3) is 5.56 Å². The third-order valence-corrected chi connectivity index (χ3v) is 6.40. The fourth-order valence-electron chi connectivity index (χ4n) is 4.30. The Morgan fingerprint density at radius 1 is 0.914 bits per heavy atom. The maximum atomic E-state index is 13.7. The Morgan fingerprint density at radius 3 is 2.26 bits per heavy atom. The van der Waals surface area contributed by atoms with Crippen molar-refractivity contribution in [1.82, 2.24) is 9.88 Å². The van der Waals surface area contributed by atoms with Crippen LogP contribution in [0.25, 0.3) is 21.9 Å². The van der Waals surface area contributed by atoms with Gasteiger partial charge in [-0.05, 0) is 46.7 Å². The number of fused-ring (bicyclic) bond motifs is 1. The number of rotatable bonds is 8. The lowest BCUT2D eigenvalue weighted by Crippen LogP contribution is -2.28. The topological polar surface area (TPSA) is 68.2 Å². The van der Waals surface area contributed by atoms with Crippen molar-refractivity contribution in [2.45, 2.75) is 32.7 Å². The molecule has 1 aromatic heterocycles. The van der Waals surface area contributed by atoms with Crippen molar-refractivity contribution in [3.05, 3.63) is 105 Å². The van der Waals surface area contributed by atoms with E-state index in [1.54, 1.807) is 36.7 Å². The Balaban J connectivity index is 1.87. The van der Waals surface area contributed by atoms with E-state index >= 15 is 0 Å². The molecule has 0 aliphatic heterocycles. The van der Waals surface area contributed by atoms with Gasteiger partial charge in [-0.25, -0.2) is 0 Å². The third kappa shape index (κ3) is 5.20. The van der Waals surface area contributed by atoms with Gasteiger partial charge in [-0.2, -0.15) is 0 Å². The zero-order valence-electron chi connectivity index (χ0n) is 19.8. The van der Waals surface area contributed by atoms with Crippen molar-refractivity contribution < 1.29 is 9.59 Å². The maximum absolute atomic E-state index is 13.7. The standard InChI is InChI=1S/C29H27ClN2O3/c1-3-25(33)28-27(21-7-5-4-6-8-21)24-17-22(30)14-15-23(24)29(35)32(28)18-20-11-9-19(10-12-20)13-16-26(34)31-2/h4-12,14-15,17H,3,13,16,18H2,1-2H3,(H,31,34). The first-order chi connectivity index (χ1) is 16.9. The molecule has 0 atom stereocenters. The van der Waals surface area contributed by atoms with Crippen molar-refractivity contribution in [1.29, 1.82) is 0 Å². The van der Waals surface area contributed by atoms with E-state index in [9.17, 15) is 14.4 Å². The van der Waals surface area contributed by atoms with E-state index in [1.165, 1.54) is 0 Å². The minimum atomic E-state index is -0.225. The highest BCUT2D eigenvalue weighted by Gasteiger charge is 2.22. The third-order valence-electron chi connectivity index (χ3n) is 6.16. The molecule has 1 amide bonds. The number of hydrogen-bond donors (Lipinski definition) is 1. The average Bonchev–Trinajstić information content (AvgIpc) is 2.89. The largest absolute Gasteiger partial charge is 0.359 e. The van der Waals surface area contributed by atoms with Gasteiger partial charge in [0.2, 0.25) is 5.91 Å². The summed E-state index contributed by atoms with van der Waals surface area (Å²) in [6.07, 6.45) is 1.32. The number of nitrogens with one attached hydrogen (secondary N) is 1. The second-order valence-electron chi connectivity index (χ2n) is 8.44. The number of Topliss-reactive ketones (excluding diaryl/α,β-unsaturated/α-hetero) is 1. The highest BCUT2D eigenvalue weighted by molar-refractivity contribution is 6.31. The van der Waals surface area contributed by atoms with E-state index in [-0.39, 0.29) is 30.2 Å². The summed E-state index contributed by atoms with van der Waals surface area (Å²) in [4.78, 5) is 38.5. The molecule has 0 unspecified atom stereocenters. The van der Waals surface area contributed by atoms with Crippen molar-refractivity contribution in [2.24, 2.45) is 0 Å². The van der Waals surface area contributed by atoms with Crippen molar-refractivity contribution in [2.75, 3.05) is 7.05 Å². The van der Waals surface area contributed by atoms with Gasteiger partial charge in [0, 0.05) is 35.9 Å². The molecular weight excluding hydrogens is 460 g/mol.